The number of hydrogen-bond acceptors (Lipinski definition) is 5. The van der Waals surface area contributed by atoms with E-state index >= 15 is 0 Å². The first-order chi connectivity index (χ1) is 9.84. The van der Waals surface area contributed by atoms with Gasteiger partial charge in [-0.15, -0.1) is 0 Å². The van der Waals surface area contributed by atoms with Crippen LogP contribution in [0.2, 0.25) is 0 Å². The highest BCUT2D eigenvalue weighted by Gasteiger charge is 2.41. The second-order valence-electron chi connectivity index (χ2n) is 5.74. The minimum atomic E-state index is 0.210. The first-order valence-corrected chi connectivity index (χ1v) is 7.78. The molecule has 1 aliphatic heterocycles. The third-order valence-corrected chi connectivity index (χ3v) is 4.47. The molecular formula is C15H24N4O. The van der Waals surface area contributed by atoms with E-state index in [0.29, 0.717) is 12.5 Å². The standard InChI is InChI=1S/C15H24N4O/c1-2-20-13-6-9-17-14(18-13)19-11-10-16-12-15(19)7-4-3-5-8-15/h6,9,16H,2-5,7-8,10-12H2,1H3. The summed E-state index contributed by atoms with van der Waals surface area (Å²) in [6.45, 7) is 5.66. The summed E-state index contributed by atoms with van der Waals surface area (Å²) in [6, 6.07) is 1.84. The van der Waals surface area contributed by atoms with Crippen LogP contribution in [0.25, 0.3) is 0 Å². The average molecular weight is 276 g/mol. The fourth-order valence-electron chi connectivity index (χ4n) is 3.50. The fraction of sp³-hybridized carbons (Fsp3) is 0.733. The maximum Gasteiger partial charge on any atom is 0.229 e. The summed E-state index contributed by atoms with van der Waals surface area (Å²) in [7, 11) is 0. The highest BCUT2D eigenvalue weighted by molar-refractivity contribution is 5.38. The van der Waals surface area contributed by atoms with Crippen molar-refractivity contribution >= 4 is 5.95 Å². The number of nitrogens with one attached hydrogen (secondary N) is 1. The maximum atomic E-state index is 5.52. The van der Waals surface area contributed by atoms with Gasteiger partial charge in [0.1, 0.15) is 0 Å². The fourth-order valence-corrected chi connectivity index (χ4v) is 3.50. The Morgan fingerprint density at radius 2 is 2.20 bits per heavy atom. The van der Waals surface area contributed by atoms with Gasteiger partial charge < -0.3 is 15.0 Å². The molecule has 0 bridgehead atoms. The summed E-state index contributed by atoms with van der Waals surface area (Å²) in [5, 5.41) is 3.56. The summed E-state index contributed by atoms with van der Waals surface area (Å²) >= 11 is 0. The van der Waals surface area contributed by atoms with Crippen LogP contribution in [0.5, 0.6) is 5.88 Å². The van der Waals surface area contributed by atoms with Gasteiger partial charge in [-0.05, 0) is 19.8 Å². The molecule has 3 rings (SSSR count). The van der Waals surface area contributed by atoms with Crippen LogP contribution >= 0.6 is 0 Å². The van der Waals surface area contributed by atoms with Crippen LogP contribution in [0.1, 0.15) is 39.0 Å². The SMILES string of the molecule is CCOc1ccnc(N2CCNCC23CCCCC3)n1. The minimum absolute atomic E-state index is 0.210. The van der Waals surface area contributed by atoms with Crippen molar-refractivity contribution in [3.63, 3.8) is 0 Å². The molecule has 0 unspecified atom stereocenters. The Morgan fingerprint density at radius 3 is 3.00 bits per heavy atom. The predicted molar refractivity (Wildman–Crippen MR) is 79.2 cm³/mol. The lowest BCUT2D eigenvalue weighted by atomic mass is 9.79. The molecule has 0 aromatic carbocycles. The summed E-state index contributed by atoms with van der Waals surface area (Å²) in [5.74, 6) is 1.52. The smallest absolute Gasteiger partial charge is 0.229 e. The van der Waals surface area contributed by atoms with Gasteiger partial charge in [0.05, 0.1) is 12.1 Å². The molecule has 5 heteroatoms. The predicted octanol–water partition coefficient (Wildman–Crippen LogP) is 1.99. The molecule has 1 saturated heterocycles. The Morgan fingerprint density at radius 1 is 1.35 bits per heavy atom. The molecule has 1 aromatic rings. The molecule has 0 amide bonds. The van der Waals surface area contributed by atoms with E-state index in [1.165, 1.54) is 32.1 Å². The number of rotatable bonds is 3. The van der Waals surface area contributed by atoms with E-state index in [-0.39, 0.29) is 5.54 Å². The summed E-state index contributed by atoms with van der Waals surface area (Å²) in [5.41, 5.74) is 0.210. The molecule has 1 aliphatic carbocycles. The molecule has 1 spiro atoms. The molecular weight excluding hydrogens is 252 g/mol. The van der Waals surface area contributed by atoms with Gasteiger partial charge in [0.25, 0.3) is 0 Å². The lowest BCUT2D eigenvalue weighted by Crippen LogP contribution is -2.62. The molecule has 1 saturated carbocycles. The van der Waals surface area contributed by atoms with E-state index in [0.717, 1.165) is 25.6 Å². The lowest BCUT2D eigenvalue weighted by Gasteiger charge is -2.49. The Balaban J connectivity index is 1.87. The third kappa shape index (κ3) is 2.59. The summed E-state index contributed by atoms with van der Waals surface area (Å²) in [6.07, 6.45) is 8.26. The molecule has 2 heterocycles. The van der Waals surface area contributed by atoms with Crippen LogP contribution in [0.3, 0.4) is 0 Å². The van der Waals surface area contributed by atoms with Gasteiger partial charge in [-0.3, -0.25) is 0 Å². The number of nitrogens with zero attached hydrogens (tertiary/aromatic N) is 3. The van der Waals surface area contributed by atoms with Crippen LogP contribution < -0.4 is 15.0 Å². The third-order valence-electron chi connectivity index (χ3n) is 4.47. The maximum absolute atomic E-state index is 5.52. The minimum Gasteiger partial charge on any atom is -0.478 e. The Labute approximate surface area is 120 Å². The van der Waals surface area contributed by atoms with E-state index in [2.05, 4.69) is 20.2 Å². The van der Waals surface area contributed by atoms with Crippen molar-refractivity contribution in [1.29, 1.82) is 0 Å². The normalized spacial score (nSPS) is 21.9. The van der Waals surface area contributed by atoms with Crippen molar-refractivity contribution in [2.75, 3.05) is 31.1 Å². The Bertz CT molecular complexity index is 437. The number of aromatic nitrogens is 2. The van der Waals surface area contributed by atoms with Crippen LogP contribution in [0.15, 0.2) is 12.3 Å². The Hall–Kier alpha value is -1.36. The topological polar surface area (TPSA) is 50.3 Å². The Kier molecular flexibility index (Phi) is 4.05. The van der Waals surface area contributed by atoms with E-state index < -0.39 is 0 Å². The molecule has 110 valence electrons. The van der Waals surface area contributed by atoms with E-state index in [9.17, 15) is 0 Å². The molecule has 1 aromatic heterocycles. The zero-order valence-electron chi connectivity index (χ0n) is 12.3. The van der Waals surface area contributed by atoms with Crippen molar-refractivity contribution in [3.8, 4) is 5.88 Å². The van der Waals surface area contributed by atoms with Crippen molar-refractivity contribution < 1.29 is 4.74 Å². The van der Waals surface area contributed by atoms with Crippen molar-refractivity contribution in [2.45, 2.75) is 44.6 Å². The number of hydrogen-bond donors (Lipinski definition) is 1. The van der Waals surface area contributed by atoms with Gasteiger partial charge in [0.15, 0.2) is 0 Å². The molecule has 1 N–H and O–H groups in total. The number of piperazine rings is 1. The van der Waals surface area contributed by atoms with Gasteiger partial charge in [-0.1, -0.05) is 19.3 Å². The van der Waals surface area contributed by atoms with Gasteiger partial charge in [0.2, 0.25) is 11.8 Å². The summed E-state index contributed by atoms with van der Waals surface area (Å²) < 4.78 is 5.52. The first-order valence-electron chi connectivity index (χ1n) is 7.78. The van der Waals surface area contributed by atoms with Gasteiger partial charge in [-0.25, -0.2) is 4.98 Å². The monoisotopic (exact) mass is 276 g/mol. The second-order valence-corrected chi connectivity index (χ2v) is 5.74. The van der Waals surface area contributed by atoms with Gasteiger partial charge >= 0.3 is 0 Å². The van der Waals surface area contributed by atoms with Crippen molar-refractivity contribution in [3.05, 3.63) is 12.3 Å². The van der Waals surface area contributed by atoms with Crippen LogP contribution in [0, 0.1) is 0 Å². The van der Waals surface area contributed by atoms with Crippen LogP contribution in [-0.2, 0) is 0 Å². The van der Waals surface area contributed by atoms with E-state index in [4.69, 9.17) is 4.74 Å². The highest BCUT2D eigenvalue weighted by Crippen LogP contribution is 2.36. The number of anilines is 1. The molecule has 2 fully saturated rings. The molecule has 0 radical (unpaired) electrons. The lowest BCUT2D eigenvalue weighted by molar-refractivity contribution is 0.237. The quantitative estimate of drug-likeness (QED) is 0.915. The van der Waals surface area contributed by atoms with E-state index in [1.807, 2.05) is 19.2 Å². The average Bonchev–Trinajstić information content (AvgIpc) is 2.49. The summed E-state index contributed by atoms with van der Waals surface area (Å²) in [4.78, 5) is 11.5. The molecule has 2 aliphatic rings. The van der Waals surface area contributed by atoms with E-state index in [1.54, 1.807) is 0 Å². The van der Waals surface area contributed by atoms with Crippen molar-refractivity contribution in [2.24, 2.45) is 0 Å². The highest BCUT2D eigenvalue weighted by atomic mass is 16.5. The molecule has 0 atom stereocenters. The van der Waals surface area contributed by atoms with Crippen molar-refractivity contribution in [1.82, 2.24) is 15.3 Å². The van der Waals surface area contributed by atoms with Crippen LogP contribution in [0.4, 0.5) is 5.95 Å². The zero-order valence-corrected chi connectivity index (χ0v) is 12.3. The van der Waals surface area contributed by atoms with Gasteiger partial charge in [-0.2, -0.15) is 4.98 Å². The van der Waals surface area contributed by atoms with Gasteiger partial charge in [0, 0.05) is 31.9 Å². The largest absolute Gasteiger partial charge is 0.478 e. The number of ether oxygens (including phenoxy) is 1. The molecule has 20 heavy (non-hydrogen) atoms. The first kappa shape index (κ1) is 13.6. The van der Waals surface area contributed by atoms with Crippen LogP contribution in [-0.4, -0.2) is 41.7 Å². The zero-order chi connectivity index (χ0) is 13.8. The molecule has 5 nitrogen and oxygen atoms in total. The second kappa shape index (κ2) is 5.95.